The molecule has 0 bridgehead atoms. The van der Waals surface area contributed by atoms with E-state index in [0.29, 0.717) is 5.92 Å². The summed E-state index contributed by atoms with van der Waals surface area (Å²) in [5, 5.41) is 2.91. The van der Waals surface area contributed by atoms with Crippen LogP contribution in [0.1, 0.15) is 19.8 Å². The first-order valence-electron chi connectivity index (χ1n) is 6.30. The van der Waals surface area contributed by atoms with E-state index in [2.05, 4.69) is 34.5 Å². The van der Waals surface area contributed by atoms with Crippen LogP contribution in [0, 0.1) is 5.92 Å². The number of nitrogens with one attached hydrogen (secondary N) is 1. The number of hydrogen-bond donors (Lipinski definition) is 1. The number of amides is 1. The first-order valence-corrected chi connectivity index (χ1v) is 6.30. The van der Waals surface area contributed by atoms with Gasteiger partial charge in [-0.25, -0.2) is 0 Å². The van der Waals surface area contributed by atoms with Crippen LogP contribution in [0.25, 0.3) is 0 Å². The highest BCUT2D eigenvalue weighted by Crippen LogP contribution is 2.22. The van der Waals surface area contributed by atoms with E-state index in [9.17, 15) is 4.79 Å². The maximum Gasteiger partial charge on any atom is 0.216 e. The number of hydrogen-bond acceptors (Lipinski definition) is 2. The second-order valence-corrected chi connectivity index (χ2v) is 4.70. The molecular weight excluding hydrogens is 212 g/mol. The Hall–Kier alpha value is -1.51. The molecule has 1 fully saturated rings. The summed E-state index contributed by atoms with van der Waals surface area (Å²) < 4.78 is 0. The molecule has 3 heteroatoms. The Kier molecular flexibility index (Phi) is 4.02. The molecule has 0 aliphatic carbocycles. The van der Waals surface area contributed by atoms with Crippen LogP contribution in [-0.4, -0.2) is 25.5 Å². The summed E-state index contributed by atoms with van der Waals surface area (Å²) in [6.45, 7) is 4.60. The second kappa shape index (κ2) is 5.71. The Morgan fingerprint density at radius 3 is 2.53 bits per heavy atom. The summed E-state index contributed by atoms with van der Waals surface area (Å²) >= 11 is 0. The largest absolute Gasteiger partial charge is 0.372 e. The predicted molar refractivity (Wildman–Crippen MR) is 70.1 cm³/mol. The Morgan fingerprint density at radius 1 is 1.29 bits per heavy atom. The molecule has 1 aromatic rings. The van der Waals surface area contributed by atoms with E-state index in [1.807, 2.05) is 6.07 Å². The maximum absolute atomic E-state index is 10.9. The van der Waals surface area contributed by atoms with Crippen LogP contribution in [0.4, 0.5) is 5.69 Å². The Balaban J connectivity index is 1.80. The summed E-state index contributed by atoms with van der Waals surface area (Å²) in [6.07, 6.45) is 2.32. The monoisotopic (exact) mass is 232 g/mol. The molecule has 2 rings (SSSR count). The van der Waals surface area contributed by atoms with Crippen molar-refractivity contribution in [2.45, 2.75) is 19.8 Å². The minimum Gasteiger partial charge on any atom is -0.372 e. The molecule has 0 aromatic heterocycles. The average Bonchev–Trinajstić information content (AvgIpc) is 2.38. The maximum atomic E-state index is 10.9. The number of benzene rings is 1. The quantitative estimate of drug-likeness (QED) is 0.865. The standard InChI is InChI=1S/C14H20N2O/c1-12(17)15-11-13-7-9-16(10-8-13)14-5-3-2-4-6-14/h2-6,13H,7-11H2,1H3,(H,15,17). The fraction of sp³-hybridized carbons (Fsp3) is 0.500. The van der Waals surface area contributed by atoms with Crippen molar-refractivity contribution < 1.29 is 4.79 Å². The first kappa shape index (κ1) is 12.0. The van der Waals surface area contributed by atoms with E-state index < -0.39 is 0 Å². The molecule has 92 valence electrons. The minimum atomic E-state index is 0.0792. The van der Waals surface area contributed by atoms with E-state index >= 15 is 0 Å². The van der Waals surface area contributed by atoms with Crippen LogP contribution < -0.4 is 10.2 Å². The number of nitrogens with zero attached hydrogens (tertiary/aromatic N) is 1. The van der Waals surface area contributed by atoms with Crippen molar-refractivity contribution in [1.29, 1.82) is 0 Å². The van der Waals surface area contributed by atoms with Crippen LogP contribution in [0.5, 0.6) is 0 Å². The third-order valence-electron chi connectivity index (χ3n) is 3.38. The molecule has 1 saturated heterocycles. The second-order valence-electron chi connectivity index (χ2n) is 4.70. The molecule has 1 aromatic carbocycles. The van der Waals surface area contributed by atoms with Gasteiger partial charge in [0.25, 0.3) is 0 Å². The number of anilines is 1. The highest BCUT2D eigenvalue weighted by Gasteiger charge is 2.19. The molecule has 1 aliphatic heterocycles. The SMILES string of the molecule is CC(=O)NCC1CCN(c2ccccc2)CC1. The molecule has 1 N–H and O–H groups in total. The zero-order valence-corrected chi connectivity index (χ0v) is 10.4. The van der Waals surface area contributed by atoms with Gasteiger partial charge in [-0.3, -0.25) is 4.79 Å². The van der Waals surface area contributed by atoms with Gasteiger partial charge >= 0.3 is 0 Å². The van der Waals surface area contributed by atoms with E-state index in [1.54, 1.807) is 6.92 Å². The molecule has 0 spiro atoms. The Morgan fingerprint density at radius 2 is 1.94 bits per heavy atom. The van der Waals surface area contributed by atoms with Gasteiger partial charge in [0.15, 0.2) is 0 Å². The summed E-state index contributed by atoms with van der Waals surface area (Å²) in [7, 11) is 0. The van der Waals surface area contributed by atoms with Gasteiger partial charge in [0.05, 0.1) is 0 Å². The number of para-hydroxylation sites is 1. The van der Waals surface area contributed by atoms with Crippen molar-refractivity contribution in [2.24, 2.45) is 5.92 Å². The lowest BCUT2D eigenvalue weighted by Crippen LogP contribution is -2.38. The van der Waals surface area contributed by atoms with Gasteiger partial charge in [0, 0.05) is 32.2 Å². The zero-order chi connectivity index (χ0) is 12.1. The lowest BCUT2D eigenvalue weighted by molar-refractivity contribution is -0.119. The molecule has 0 atom stereocenters. The van der Waals surface area contributed by atoms with Gasteiger partial charge in [-0.2, -0.15) is 0 Å². The molecular formula is C14H20N2O. The molecule has 3 nitrogen and oxygen atoms in total. The summed E-state index contributed by atoms with van der Waals surface area (Å²) in [6, 6.07) is 10.5. The van der Waals surface area contributed by atoms with Gasteiger partial charge in [0.1, 0.15) is 0 Å². The third-order valence-corrected chi connectivity index (χ3v) is 3.38. The molecule has 1 aliphatic rings. The van der Waals surface area contributed by atoms with Gasteiger partial charge in [-0.05, 0) is 30.9 Å². The molecule has 17 heavy (non-hydrogen) atoms. The smallest absolute Gasteiger partial charge is 0.216 e. The van der Waals surface area contributed by atoms with Gasteiger partial charge in [-0.1, -0.05) is 18.2 Å². The topological polar surface area (TPSA) is 32.3 Å². The number of carbonyl (C=O) groups excluding carboxylic acids is 1. The molecule has 1 amide bonds. The lowest BCUT2D eigenvalue weighted by Gasteiger charge is -2.33. The van der Waals surface area contributed by atoms with Crippen molar-refractivity contribution in [3.8, 4) is 0 Å². The van der Waals surface area contributed by atoms with E-state index in [1.165, 1.54) is 5.69 Å². The third kappa shape index (κ3) is 3.48. The average molecular weight is 232 g/mol. The predicted octanol–water partition coefficient (Wildman–Crippen LogP) is 2.04. The highest BCUT2D eigenvalue weighted by molar-refractivity contribution is 5.72. The van der Waals surface area contributed by atoms with Crippen molar-refractivity contribution in [3.05, 3.63) is 30.3 Å². The van der Waals surface area contributed by atoms with E-state index in [-0.39, 0.29) is 5.91 Å². The Bertz CT molecular complexity index is 356. The van der Waals surface area contributed by atoms with Crippen LogP contribution in [0.15, 0.2) is 30.3 Å². The van der Waals surface area contributed by atoms with Crippen molar-refractivity contribution in [1.82, 2.24) is 5.32 Å². The number of rotatable bonds is 3. The van der Waals surface area contributed by atoms with Crippen molar-refractivity contribution >= 4 is 11.6 Å². The number of carbonyl (C=O) groups is 1. The van der Waals surface area contributed by atoms with Crippen LogP contribution in [0.2, 0.25) is 0 Å². The van der Waals surface area contributed by atoms with Crippen LogP contribution >= 0.6 is 0 Å². The normalized spacial score (nSPS) is 16.9. The first-order chi connectivity index (χ1) is 8.25. The fourth-order valence-corrected chi connectivity index (χ4v) is 2.32. The van der Waals surface area contributed by atoms with Gasteiger partial charge in [-0.15, -0.1) is 0 Å². The van der Waals surface area contributed by atoms with E-state index in [0.717, 1.165) is 32.5 Å². The molecule has 0 saturated carbocycles. The zero-order valence-electron chi connectivity index (χ0n) is 10.4. The summed E-state index contributed by atoms with van der Waals surface area (Å²) in [5.74, 6) is 0.717. The number of piperidine rings is 1. The van der Waals surface area contributed by atoms with E-state index in [4.69, 9.17) is 0 Å². The van der Waals surface area contributed by atoms with Crippen LogP contribution in [0.3, 0.4) is 0 Å². The summed E-state index contributed by atoms with van der Waals surface area (Å²) in [5.41, 5.74) is 1.31. The van der Waals surface area contributed by atoms with Crippen molar-refractivity contribution in [2.75, 3.05) is 24.5 Å². The lowest BCUT2D eigenvalue weighted by atomic mass is 9.96. The minimum absolute atomic E-state index is 0.0792. The Labute approximate surface area is 103 Å². The fourth-order valence-electron chi connectivity index (χ4n) is 2.32. The van der Waals surface area contributed by atoms with Gasteiger partial charge in [0.2, 0.25) is 5.91 Å². The summed E-state index contributed by atoms with van der Waals surface area (Å²) in [4.78, 5) is 13.3. The molecule has 0 radical (unpaired) electrons. The molecule has 0 unspecified atom stereocenters. The van der Waals surface area contributed by atoms with Crippen LogP contribution in [-0.2, 0) is 4.79 Å². The highest BCUT2D eigenvalue weighted by atomic mass is 16.1. The van der Waals surface area contributed by atoms with Crippen molar-refractivity contribution in [3.63, 3.8) is 0 Å². The molecule has 1 heterocycles. The van der Waals surface area contributed by atoms with Gasteiger partial charge < -0.3 is 10.2 Å².